The molecular formula is C13H24N2O3. The molecule has 2 saturated heterocycles. The van der Waals surface area contributed by atoms with E-state index in [9.17, 15) is 4.79 Å². The van der Waals surface area contributed by atoms with Gasteiger partial charge in [0, 0.05) is 26.2 Å². The average Bonchev–Trinajstić information content (AvgIpc) is 2.34. The van der Waals surface area contributed by atoms with Gasteiger partial charge in [0.05, 0.1) is 18.8 Å². The SMILES string of the molecule is CC(C)COCCN1CC[C@@H]2OCC(=O)N[C@@H]2C1. The summed E-state index contributed by atoms with van der Waals surface area (Å²) in [6, 6.07) is 0.157. The van der Waals surface area contributed by atoms with Gasteiger partial charge >= 0.3 is 0 Å². The second-order valence-electron chi connectivity index (χ2n) is 5.58. The molecule has 0 spiro atoms. The lowest BCUT2D eigenvalue weighted by Crippen LogP contribution is -2.60. The minimum atomic E-state index is 0.00848. The molecule has 2 heterocycles. The van der Waals surface area contributed by atoms with Crippen molar-refractivity contribution in [1.82, 2.24) is 10.2 Å². The summed E-state index contributed by atoms with van der Waals surface area (Å²) in [4.78, 5) is 13.6. The number of nitrogens with zero attached hydrogens (tertiary/aromatic N) is 1. The van der Waals surface area contributed by atoms with Gasteiger partial charge in [-0.15, -0.1) is 0 Å². The fraction of sp³-hybridized carbons (Fsp3) is 0.923. The third-order valence-corrected chi connectivity index (χ3v) is 3.41. The van der Waals surface area contributed by atoms with Crippen LogP contribution in [0.15, 0.2) is 0 Å². The first-order valence-electron chi connectivity index (χ1n) is 6.86. The van der Waals surface area contributed by atoms with Gasteiger partial charge in [0.2, 0.25) is 5.91 Å². The first kappa shape index (κ1) is 13.8. The molecule has 0 unspecified atom stereocenters. The molecule has 0 aromatic rings. The van der Waals surface area contributed by atoms with Crippen molar-refractivity contribution in [3.05, 3.63) is 0 Å². The Morgan fingerprint density at radius 2 is 2.39 bits per heavy atom. The average molecular weight is 256 g/mol. The van der Waals surface area contributed by atoms with Crippen molar-refractivity contribution in [2.45, 2.75) is 32.4 Å². The number of nitrogens with one attached hydrogen (secondary N) is 1. The van der Waals surface area contributed by atoms with Crippen LogP contribution in [0.5, 0.6) is 0 Å². The predicted octanol–water partition coefficient (Wildman–Crippen LogP) is 0.248. The number of carbonyl (C=O) groups is 1. The highest BCUT2D eigenvalue weighted by atomic mass is 16.5. The summed E-state index contributed by atoms with van der Waals surface area (Å²) in [7, 11) is 0. The number of morpholine rings is 1. The Kier molecular flexibility index (Phi) is 4.97. The maximum absolute atomic E-state index is 11.3. The smallest absolute Gasteiger partial charge is 0.246 e. The number of piperidine rings is 1. The number of ether oxygens (including phenoxy) is 2. The molecule has 2 aliphatic heterocycles. The minimum Gasteiger partial charge on any atom is -0.380 e. The lowest BCUT2D eigenvalue weighted by molar-refractivity contribution is -0.140. The van der Waals surface area contributed by atoms with Gasteiger partial charge in [-0.3, -0.25) is 9.69 Å². The number of carbonyl (C=O) groups excluding carboxylic acids is 1. The van der Waals surface area contributed by atoms with Crippen molar-refractivity contribution in [2.24, 2.45) is 5.92 Å². The van der Waals surface area contributed by atoms with Gasteiger partial charge in [-0.2, -0.15) is 0 Å². The maximum atomic E-state index is 11.3. The quantitative estimate of drug-likeness (QED) is 0.716. The van der Waals surface area contributed by atoms with Crippen molar-refractivity contribution in [2.75, 3.05) is 39.5 Å². The lowest BCUT2D eigenvalue weighted by atomic mass is 10.0. The van der Waals surface area contributed by atoms with E-state index in [0.717, 1.165) is 39.3 Å². The van der Waals surface area contributed by atoms with Gasteiger partial charge in [-0.05, 0) is 12.3 Å². The van der Waals surface area contributed by atoms with Crippen LogP contribution in [0, 0.1) is 5.92 Å². The van der Waals surface area contributed by atoms with Crippen LogP contribution in [0.4, 0.5) is 0 Å². The zero-order valence-corrected chi connectivity index (χ0v) is 11.4. The van der Waals surface area contributed by atoms with Crippen molar-refractivity contribution in [3.63, 3.8) is 0 Å². The summed E-state index contributed by atoms with van der Waals surface area (Å²) < 4.78 is 11.1. The Morgan fingerprint density at radius 1 is 1.56 bits per heavy atom. The summed E-state index contributed by atoms with van der Waals surface area (Å²) >= 11 is 0. The van der Waals surface area contributed by atoms with E-state index in [2.05, 4.69) is 24.1 Å². The molecule has 104 valence electrons. The topological polar surface area (TPSA) is 50.8 Å². The Labute approximate surface area is 109 Å². The summed E-state index contributed by atoms with van der Waals surface area (Å²) in [6.07, 6.45) is 1.20. The van der Waals surface area contributed by atoms with Crippen molar-refractivity contribution in [1.29, 1.82) is 0 Å². The molecular weight excluding hydrogens is 232 g/mol. The van der Waals surface area contributed by atoms with E-state index >= 15 is 0 Å². The number of rotatable bonds is 5. The Hall–Kier alpha value is -0.650. The monoisotopic (exact) mass is 256 g/mol. The molecule has 2 atom stereocenters. The first-order valence-corrected chi connectivity index (χ1v) is 6.86. The molecule has 0 aromatic carbocycles. The van der Waals surface area contributed by atoms with Gasteiger partial charge < -0.3 is 14.8 Å². The van der Waals surface area contributed by atoms with Gasteiger partial charge in [0.15, 0.2) is 0 Å². The van der Waals surface area contributed by atoms with E-state index in [1.165, 1.54) is 0 Å². The third kappa shape index (κ3) is 3.93. The minimum absolute atomic E-state index is 0.00848. The highest BCUT2D eigenvalue weighted by Crippen LogP contribution is 2.17. The van der Waals surface area contributed by atoms with E-state index in [4.69, 9.17) is 9.47 Å². The Morgan fingerprint density at radius 3 is 3.17 bits per heavy atom. The van der Waals surface area contributed by atoms with E-state index in [-0.39, 0.29) is 24.7 Å². The highest BCUT2D eigenvalue weighted by Gasteiger charge is 2.34. The van der Waals surface area contributed by atoms with Gasteiger partial charge in [0.1, 0.15) is 6.61 Å². The Balaban J connectivity index is 1.67. The summed E-state index contributed by atoms with van der Waals surface area (Å²) in [5.74, 6) is 0.593. The van der Waals surface area contributed by atoms with Crippen LogP contribution >= 0.6 is 0 Å². The summed E-state index contributed by atoms with van der Waals surface area (Å²) in [6.45, 7) is 8.96. The largest absolute Gasteiger partial charge is 0.380 e. The molecule has 18 heavy (non-hydrogen) atoms. The van der Waals surface area contributed by atoms with Crippen LogP contribution in [-0.4, -0.2) is 62.4 Å². The number of fused-ring (bicyclic) bond motifs is 1. The molecule has 5 nitrogen and oxygen atoms in total. The van der Waals surface area contributed by atoms with Crippen LogP contribution in [-0.2, 0) is 14.3 Å². The molecule has 1 N–H and O–H groups in total. The van der Waals surface area contributed by atoms with Crippen LogP contribution < -0.4 is 5.32 Å². The first-order chi connectivity index (χ1) is 8.65. The summed E-state index contributed by atoms with van der Waals surface area (Å²) in [5, 5.41) is 3.01. The van der Waals surface area contributed by atoms with E-state index in [1.54, 1.807) is 0 Å². The van der Waals surface area contributed by atoms with Crippen LogP contribution in [0.25, 0.3) is 0 Å². The van der Waals surface area contributed by atoms with E-state index < -0.39 is 0 Å². The molecule has 0 radical (unpaired) electrons. The Bertz CT molecular complexity index is 283. The van der Waals surface area contributed by atoms with E-state index in [0.29, 0.717) is 5.92 Å². The second-order valence-corrected chi connectivity index (χ2v) is 5.58. The molecule has 1 amide bonds. The number of amides is 1. The fourth-order valence-electron chi connectivity index (χ4n) is 2.48. The standard InChI is InChI=1S/C13H24N2O3/c1-10(2)8-17-6-5-15-4-3-12-11(7-15)14-13(16)9-18-12/h10-12H,3-9H2,1-2H3,(H,14,16)/t11-,12+/m1/s1. The van der Waals surface area contributed by atoms with Crippen LogP contribution in [0.2, 0.25) is 0 Å². The molecule has 0 aromatic heterocycles. The lowest BCUT2D eigenvalue weighted by Gasteiger charge is -2.41. The van der Waals surface area contributed by atoms with Crippen molar-refractivity contribution in [3.8, 4) is 0 Å². The van der Waals surface area contributed by atoms with Crippen LogP contribution in [0.3, 0.4) is 0 Å². The van der Waals surface area contributed by atoms with Gasteiger partial charge in [-0.1, -0.05) is 13.8 Å². The van der Waals surface area contributed by atoms with Gasteiger partial charge in [0.25, 0.3) is 0 Å². The molecule has 5 heteroatoms. The maximum Gasteiger partial charge on any atom is 0.246 e. The normalized spacial score (nSPS) is 29.2. The highest BCUT2D eigenvalue weighted by molar-refractivity contribution is 5.78. The number of hydrogen-bond acceptors (Lipinski definition) is 4. The zero-order chi connectivity index (χ0) is 13.0. The van der Waals surface area contributed by atoms with Gasteiger partial charge in [-0.25, -0.2) is 0 Å². The van der Waals surface area contributed by atoms with E-state index in [1.807, 2.05) is 0 Å². The number of likely N-dealkylation sites (tertiary alicyclic amines) is 1. The third-order valence-electron chi connectivity index (χ3n) is 3.41. The molecule has 0 saturated carbocycles. The predicted molar refractivity (Wildman–Crippen MR) is 68.4 cm³/mol. The van der Waals surface area contributed by atoms with Crippen LogP contribution in [0.1, 0.15) is 20.3 Å². The molecule has 2 rings (SSSR count). The zero-order valence-electron chi connectivity index (χ0n) is 11.4. The number of hydrogen-bond donors (Lipinski definition) is 1. The summed E-state index contributed by atoms with van der Waals surface area (Å²) in [5.41, 5.74) is 0. The van der Waals surface area contributed by atoms with Crippen molar-refractivity contribution >= 4 is 5.91 Å². The molecule has 0 aliphatic carbocycles. The second kappa shape index (κ2) is 6.50. The van der Waals surface area contributed by atoms with Crippen molar-refractivity contribution < 1.29 is 14.3 Å². The molecule has 0 bridgehead atoms. The molecule has 2 aliphatic rings. The molecule has 2 fully saturated rings. The fourth-order valence-corrected chi connectivity index (χ4v) is 2.48.